The zero-order chi connectivity index (χ0) is 17.2. The average molecular weight is 330 g/mol. The van der Waals surface area contributed by atoms with Crippen molar-refractivity contribution in [3.05, 3.63) is 0 Å². The zero-order valence-corrected chi connectivity index (χ0v) is 15.4. The van der Waals surface area contributed by atoms with Crippen molar-refractivity contribution in [2.24, 2.45) is 5.92 Å². The first-order valence-electron chi connectivity index (χ1n) is 9.71. The Morgan fingerprint density at radius 3 is 2.26 bits per heavy atom. The van der Waals surface area contributed by atoms with Crippen LogP contribution in [0.5, 0.6) is 0 Å². The van der Waals surface area contributed by atoms with Gasteiger partial charge in [0.05, 0.1) is 13.2 Å². The predicted octanol–water partition coefficient (Wildman–Crippen LogP) is 4.06. The minimum absolute atomic E-state index is 0.0265. The highest BCUT2D eigenvalue weighted by molar-refractivity contribution is 5.69. The first kappa shape index (κ1) is 22.4. The van der Waals surface area contributed by atoms with E-state index in [1.165, 1.54) is 38.5 Å². The van der Waals surface area contributed by atoms with E-state index in [2.05, 4.69) is 19.2 Å². The lowest BCUT2D eigenvalue weighted by Gasteiger charge is -2.14. The molecular formula is C19H39NO3. The van der Waals surface area contributed by atoms with E-state index in [4.69, 9.17) is 9.84 Å². The van der Waals surface area contributed by atoms with Crippen LogP contribution in [0.4, 0.5) is 0 Å². The summed E-state index contributed by atoms with van der Waals surface area (Å²) < 4.78 is 5.36. The van der Waals surface area contributed by atoms with Crippen LogP contribution < -0.4 is 5.32 Å². The molecule has 0 unspecified atom stereocenters. The molecule has 0 heterocycles. The van der Waals surface area contributed by atoms with Crippen molar-refractivity contribution >= 4 is 5.97 Å². The largest absolute Gasteiger partial charge is 0.466 e. The van der Waals surface area contributed by atoms with Crippen molar-refractivity contribution in [3.8, 4) is 0 Å². The summed E-state index contributed by atoms with van der Waals surface area (Å²) >= 11 is 0. The molecule has 0 aromatic rings. The smallest absolute Gasteiger partial charge is 0.305 e. The lowest BCUT2D eigenvalue weighted by molar-refractivity contribution is -0.144. The van der Waals surface area contributed by atoms with Gasteiger partial charge in [-0.3, -0.25) is 4.79 Å². The number of ether oxygens (including phenoxy) is 1. The van der Waals surface area contributed by atoms with Gasteiger partial charge in [0.15, 0.2) is 0 Å². The number of carbonyl (C=O) groups excluding carboxylic acids is 1. The summed E-state index contributed by atoms with van der Waals surface area (Å²) in [5.41, 5.74) is 0. The molecule has 0 rings (SSSR count). The number of hydrogen-bond acceptors (Lipinski definition) is 4. The maximum Gasteiger partial charge on any atom is 0.305 e. The molecule has 0 fully saturated rings. The van der Waals surface area contributed by atoms with Crippen LogP contribution in [0.25, 0.3) is 0 Å². The molecule has 0 spiro atoms. The standard InChI is InChI=1S/C19H39NO3/c1-3-10-18(11-4-2)13-17-23-19(22)12-8-6-5-7-9-14-20-15-16-21/h18,20-21H,3-17H2,1-2H3. The third-order valence-corrected chi connectivity index (χ3v) is 4.21. The second-order valence-corrected chi connectivity index (χ2v) is 6.44. The van der Waals surface area contributed by atoms with Gasteiger partial charge in [0, 0.05) is 13.0 Å². The Balaban J connectivity index is 3.39. The normalized spacial score (nSPS) is 11.1. The molecule has 0 radical (unpaired) electrons. The molecule has 0 aliphatic rings. The van der Waals surface area contributed by atoms with Crippen LogP contribution in [-0.4, -0.2) is 37.4 Å². The maximum absolute atomic E-state index is 11.7. The van der Waals surface area contributed by atoms with E-state index >= 15 is 0 Å². The van der Waals surface area contributed by atoms with Gasteiger partial charge < -0.3 is 15.2 Å². The van der Waals surface area contributed by atoms with Crippen LogP contribution in [0.1, 0.15) is 84.5 Å². The van der Waals surface area contributed by atoms with Crippen molar-refractivity contribution in [1.29, 1.82) is 0 Å². The molecule has 0 saturated carbocycles. The summed E-state index contributed by atoms with van der Waals surface area (Å²) in [4.78, 5) is 11.7. The van der Waals surface area contributed by atoms with Crippen LogP contribution in [-0.2, 0) is 9.53 Å². The van der Waals surface area contributed by atoms with Gasteiger partial charge in [-0.25, -0.2) is 0 Å². The third-order valence-electron chi connectivity index (χ3n) is 4.21. The summed E-state index contributed by atoms with van der Waals surface area (Å²) in [7, 11) is 0. The molecule has 4 nitrogen and oxygen atoms in total. The number of hydrogen-bond donors (Lipinski definition) is 2. The number of aliphatic hydroxyl groups excluding tert-OH is 1. The molecule has 0 bridgehead atoms. The van der Waals surface area contributed by atoms with Crippen LogP contribution in [0.3, 0.4) is 0 Å². The molecule has 138 valence electrons. The lowest BCUT2D eigenvalue weighted by Crippen LogP contribution is -2.19. The molecule has 0 aromatic carbocycles. The molecular weight excluding hydrogens is 290 g/mol. The Kier molecular flexibility index (Phi) is 17.3. The average Bonchev–Trinajstić information content (AvgIpc) is 2.53. The Morgan fingerprint density at radius 1 is 0.957 bits per heavy atom. The Hall–Kier alpha value is -0.610. The third kappa shape index (κ3) is 16.0. The number of esters is 1. The molecule has 2 N–H and O–H groups in total. The van der Waals surface area contributed by atoms with E-state index in [9.17, 15) is 4.79 Å². The van der Waals surface area contributed by atoms with E-state index in [0.29, 0.717) is 19.6 Å². The lowest BCUT2D eigenvalue weighted by atomic mass is 9.95. The molecule has 0 atom stereocenters. The van der Waals surface area contributed by atoms with Gasteiger partial charge >= 0.3 is 5.97 Å². The summed E-state index contributed by atoms with van der Waals surface area (Å²) in [5.74, 6) is 0.693. The highest BCUT2D eigenvalue weighted by Crippen LogP contribution is 2.17. The summed E-state index contributed by atoms with van der Waals surface area (Å²) in [6.45, 7) is 6.90. The number of rotatable bonds is 17. The van der Waals surface area contributed by atoms with Crippen molar-refractivity contribution in [2.45, 2.75) is 84.5 Å². The fourth-order valence-corrected chi connectivity index (χ4v) is 2.91. The second kappa shape index (κ2) is 17.7. The fraction of sp³-hybridized carbons (Fsp3) is 0.947. The van der Waals surface area contributed by atoms with Crippen LogP contribution in [0.15, 0.2) is 0 Å². The number of carbonyl (C=O) groups is 1. The van der Waals surface area contributed by atoms with Crippen molar-refractivity contribution < 1.29 is 14.6 Å². The SMILES string of the molecule is CCCC(CCC)CCOC(=O)CCCCCCCNCCO. The van der Waals surface area contributed by atoms with Gasteiger partial charge in [0.1, 0.15) is 0 Å². The first-order valence-corrected chi connectivity index (χ1v) is 9.71. The van der Waals surface area contributed by atoms with Gasteiger partial charge in [0.25, 0.3) is 0 Å². The van der Waals surface area contributed by atoms with E-state index in [-0.39, 0.29) is 12.6 Å². The first-order chi connectivity index (χ1) is 11.2. The van der Waals surface area contributed by atoms with Gasteiger partial charge in [-0.1, -0.05) is 58.8 Å². The molecule has 0 saturated heterocycles. The minimum atomic E-state index is -0.0265. The second-order valence-electron chi connectivity index (χ2n) is 6.44. The molecule has 23 heavy (non-hydrogen) atoms. The molecule has 0 aliphatic heterocycles. The Labute approximate surface area is 143 Å². The van der Waals surface area contributed by atoms with Crippen molar-refractivity contribution in [2.75, 3.05) is 26.3 Å². The summed E-state index contributed by atoms with van der Waals surface area (Å²) in [5, 5.41) is 11.8. The van der Waals surface area contributed by atoms with Crippen molar-refractivity contribution in [3.63, 3.8) is 0 Å². The Bertz CT molecular complexity index is 253. The molecule has 0 aliphatic carbocycles. The minimum Gasteiger partial charge on any atom is -0.466 e. The van der Waals surface area contributed by atoms with Crippen LogP contribution in [0, 0.1) is 5.92 Å². The van der Waals surface area contributed by atoms with E-state index in [1.807, 2.05) is 0 Å². The maximum atomic E-state index is 11.7. The summed E-state index contributed by atoms with van der Waals surface area (Å²) in [6.07, 6.45) is 12.1. The van der Waals surface area contributed by atoms with Gasteiger partial charge in [-0.15, -0.1) is 0 Å². The van der Waals surface area contributed by atoms with Gasteiger partial charge in [-0.2, -0.15) is 0 Å². The van der Waals surface area contributed by atoms with E-state index < -0.39 is 0 Å². The van der Waals surface area contributed by atoms with Crippen LogP contribution in [0.2, 0.25) is 0 Å². The van der Waals surface area contributed by atoms with Gasteiger partial charge in [-0.05, 0) is 31.7 Å². The number of unbranched alkanes of at least 4 members (excludes halogenated alkanes) is 4. The highest BCUT2D eigenvalue weighted by atomic mass is 16.5. The molecule has 4 heteroatoms. The van der Waals surface area contributed by atoms with Crippen molar-refractivity contribution in [1.82, 2.24) is 5.32 Å². The fourth-order valence-electron chi connectivity index (χ4n) is 2.91. The highest BCUT2D eigenvalue weighted by Gasteiger charge is 2.08. The molecule has 0 aromatic heterocycles. The number of aliphatic hydroxyl groups is 1. The quantitative estimate of drug-likeness (QED) is 0.312. The summed E-state index contributed by atoms with van der Waals surface area (Å²) in [6, 6.07) is 0. The monoisotopic (exact) mass is 329 g/mol. The molecule has 0 amide bonds. The van der Waals surface area contributed by atoms with Crippen LogP contribution >= 0.6 is 0 Å². The Morgan fingerprint density at radius 2 is 1.61 bits per heavy atom. The van der Waals surface area contributed by atoms with E-state index in [0.717, 1.165) is 38.1 Å². The van der Waals surface area contributed by atoms with Gasteiger partial charge in [0.2, 0.25) is 0 Å². The van der Waals surface area contributed by atoms with E-state index in [1.54, 1.807) is 0 Å². The number of nitrogens with one attached hydrogen (secondary N) is 1. The topological polar surface area (TPSA) is 58.6 Å². The predicted molar refractivity (Wildman–Crippen MR) is 96.5 cm³/mol. The zero-order valence-electron chi connectivity index (χ0n) is 15.4.